The van der Waals surface area contributed by atoms with E-state index in [4.69, 9.17) is 0 Å². The molecule has 4 unspecified atom stereocenters. The highest BCUT2D eigenvalue weighted by molar-refractivity contribution is 5.80. The Labute approximate surface area is 366 Å². The van der Waals surface area contributed by atoms with Gasteiger partial charge in [0.2, 0.25) is 5.91 Å². The van der Waals surface area contributed by atoms with Crippen molar-refractivity contribution in [1.29, 1.82) is 0 Å². The maximum absolute atomic E-state index is 12.5. The van der Waals surface area contributed by atoms with E-state index in [2.05, 4.69) is 67.8 Å². The van der Waals surface area contributed by atoms with E-state index in [9.17, 15) is 25.2 Å². The van der Waals surface area contributed by atoms with Crippen LogP contribution in [0.5, 0.6) is 0 Å². The van der Waals surface area contributed by atoms with Crippen LogP contribution in [0.15, 0.2) is 48.6 Å². The summed E-state index contributed by atoms with van der Waals surface area (Å²) in [5.74, 6) is -0.600. The maximum Gasteiger partial charge on any atom is 0.249 e. The van der Waals surface area contributed by atoms with Gasteiger partial charge in [-0.05, 0) is 77.0 Å². The average molecular weight is 830 g/mol. The van der Waals surface area contributed by atoms with Crippen LogP contribution in [-0.2, 0) is 4.79 Å². The van der Waals surface area contributed by atoms with Gasteiger partial charge in [-0.1, -0.05) is 223 Å². The number of hydrogen-bond donors (Lipinski definition) is 5. The number of rotatable bonds is 46. The minimum atomic E-state index is -1.29. The number of carbonyl (C=O) groups is 1. The molecule has 1 amide bonds. The summed E-state index contributed by atoms with van der Waals surface area (Å²) in [5.41, 5.74) is 0. The summed E-state index contributed by atoms with van der Waals surface area (Å²) in [4.78, 5) is 12.5. The Morgan fingerprint density at radius 2 is 0.814 bits per heavy atom. The van der Waals surface area contributed by atoms with Gasteiger partial charge in [0, 0.05) is 0 Å². The van der Waals surface area contributed by atoms with E-state index < -0.39 is 36.9 Å². The lowest BCUT2D eigenvalue weighted by Crippen LogP contribution is -2.53. The van der Waals surface area contributed by atoms with Gasteiger partial charge in [0.25, 0.3) is 0 Å². The monoisotopic (exact) mass is 830 g/mol. The fraction of sp³-hybridized carbons (Fsp3) is 0.830. The third kappa shape index (κ3) is 41.4. The van der Waals surface area contributed by atoms with Gasteiger partial charge in [0.1, 0.15) is 12.2 Å². The quantitative estimate of drug-likeness (QED) is 0.0310. The molecular formula is C53H99NO5. The molecular weight excluding hydrogens is 731 g/mol. The fourth-order valence-corrected chi connectivity index (χ4v) is 7.75. The zero-order valence-corrected chi connectivity index (χ0v) is 39.0. The van der Waals surface area contributed by atoms with Crippen molar-refractivity contribution in [2.24, 2.45) is 0 Å². The Kier molecular flexibility index (Phi) is 45.9. The number of aliphatic hydroxyl groups excluding tert-OH is 4. The second-order valence-corrected chi connectivity index (χ2v) is 17.5. The van der Waals surface area contributed by atoms with Gasteiger partial charge in [-0.3, -0.25) is 4.79 Å². The number of aliphatic hydroxyl groups is 4. The van der Waals surface area contributed by atoms with Crippen molar-refractivity contribution in [1.82, 2.24) is 5.32 Å². The molecule has 0 aliphatic heterocycles. The molecule has 4 atom stereocenters. The van der Waals surface area contributed by atoms with Crippen LogP contribution < -0.4 is 5.32 Å². The number of amides is 1. The SMILES string of the molecule is CC/C=C/CC/C=C/CCCC(O)C(O)C(CO)NC(=O)C(O)CCCCCCCCCCCCCCCCCC/C=C\C/C=C\CCCCCCCCCCCCC. The van der Waals surface area contributed by atoms with E-state index in [0.29, 0.717) is 19.3 Å². The van der Waals surface area contributed by atoms with Gasteiger partial charge in [-0.25, -0.2) is 0 Å². The standard InChI is InChI=1S/C53H99NO5/c1-3-5-7-9-11-13-14-15-16-17-18-19-20-21-22-23-24-25-26-27-28-29-30-31-32-33-34-35-36-37-39-41-43-45-47-51(57)53(59)54-49(48-55)52(58)50(56)46-44-42-40-38-12-10-8-6-4-2/h6,8,20-21,23-24,38,40,49-52,55-58H,3-5,7,9-19,22,25-37,39,41-48H2,1-2H3,(H,54,59)/b8-6+,21-20-,24-23-,40-38+. The molecule has 0 fully saturated rings. The normalized spacial score (nSPS) is 14.3. The average Bonchev–Trinajstić information content (AvgIpc) is 3.24. The molecule has 0 saturated carbocycles. The van der Waals surface area contributed by atoms with Crippen molar-refractivity contribution in [3.05, 3.63) is 48.6 Å². The molecule has 346 valence electrons. The molecule has 0 aromatic rings. The maximum atomic E-state index is 12.5. The summed E-state index contributed by atoms with van der Waals surface area (Å²) in [6.07, 6.45) is 59.2. The van der Waals surface area contributed by atoms with E-state index in [1.54, 1.807) is 0 Å². The van der Waals surface area contributed by atoms with E-state index in [-0.39, 0.29) is 0 Å². The van der Waals surface area contributed by atoms with Crippen molar-refractivity contribution in [3.8, 4) is 0 Å². The van der Waals surface area contributed by atoms with Crippen LogP contribution in [-0.4, -0.2) is 57.3 Å². The highest BCUT2D eigenvalue weighted by atomic mass is 16.3. The van der Waals surface area contributed by atoms with Crippen LogP contribution in [0, 0.1) is 0 Å². The molecule has 0 aromatic carbocycles. The van der Waals surface area contributed by atoms with Crippen LogP contribution in [0.2, 0.25) is 0 Å². The van der Waals surface area contributed by atoms with E-state index in [1.165, 1.54) is 167 Å². The molecule has 0 aliphatic rings. The van der Waals surface area contributed by atoms with Gasteiger partial charge >= 0.3 is 0 Å². The summed E-state index contributed by atoms with van der Waals surface area (Å²) >= 11 is 0. The number of carbonyl (C=O) groups excluding carboxylic acids is 1. The molecule has 0 aromatic heterocycles. The molecule has 0 radical (unpaired) electrons. The Hall–Kier alpha value is -1.73. The third-order valence-corrected chi connectivity index (χ3v) is 11.8. The highest BCUT2D eigenvalue weighted by Crippen LogP contribution is 2.16. The molecule has 0 aliphatic carbocycles. The Morgan fingerprint density at radius 3 is 1.25 bits per heavy atom. The Bertz CT molecular complexity index is 977. The molecule has 6 heteroatoms. The van der Waals surface area contributed by atoms with Gasteiger partial charge in [-0.15, -0.1) is 0 Å². The van der Waals surface area contributed by atoms with Crippen molar-refractivity contribution < 1.29 is 25.2 Å². The Balaban J connectivity index is 3.55. The first-order chi connectivity index (χ1) is 29.0. The zero-order valence-electron chi connectivity index (χ0n) is 39.0. The molecule has 5 N–H and O–H groups in total. The number of unbranched alkanes of at least 4 members (excludes halogenated alkanes) is 29. The number of nitrogens with one attached hydrogen (secondary N) is 1. The first kappa shape index (κ1) is 57.3. The van der Waals surface area contributed by atoms with E-state index in [1.807, 2.05) is 0 Å². The summed E-state index contributed by atoms with van der Waals surface area (Å²) in [7, 11) is 0. The van der Waals surface area contributed by atoms with Crippen LogP contribution in [0.25, 0.3) is 0 Å². The van der Waals surface area contributed by atoms with E-state index >= 15 is 0 Å². The third-order valence-electron chi connectivity index (χ3n) is 11.8. The molecule has 0 spiro atoms. The Morgan fingerprint density at radius 1 is 0.441 bits per heavy atom. The van der Waals surface area contributed by atoms with Crippen LogP contribution in [0.3, 0.4) is 0 Å². The number of hydrogen-bond acceptors (Lipinski definition) is 5. The summed E-state index contributed by atoms with van der Waals surface area (Å²) in [6, 6.07) is -1.01. The first-order valence-corrected chi connectivity index (χ1v) is 25.5. The van der Waals surface area contributed by atoms with Crippen molar-refractivity contribution in [3.63, 3.8) is 0 Å². The van der Waals surface area contributed by atoms with Crippen LogP contribution >= 0.6 is 0 Å². The summed E-state index contributed by atoms with van der Waals surface area (Å²) < 4.78 is 0. The zero-order chi connectivity index (χ0) is 43.1. The molecule has 0 saturated heterocycles. The van der Waals surface area contributed by atoms with Crippen molar-refractivity contribution in [2.75, 3.05) is 6.61 Å². The lowest BCUT2D eigenvalue weighted by Gasteiger charge is -2.27. The molecule has 0 rings (SSSR count). The molecule has 0 heterocycles. The van der Waals surface area contributed by atoms with E-state index in [0.717, 1.165) is 51.4 Å². The summed E-state index contributed by atoms with van der Waals surface area (Å²) in [5, 5.41) is 43.5. The molecule has 0 bridgehead atoms. The predicted molar refractivity (Wildman–Crippen MR) is 256 cm³/mol. The highest BCUT2D eigenvalue weighted by Gasteiger charge is 2.28. The second kappa shape index (κ2) is 47.3. The minimum absolute atomic E-state index is 0.359. The summed E-state index contributed by atoms with van der Waals surface area (Å²) in [6.45, 7) is 3.91. The van der Waals surface area contributed by atoms with Crippen LogP contribution in [0.1, 0.15) is 251 Å². The topological polar surface area (TPSA) is 110 Å². The first-order valence-electron chi connectivity index (χ1n) is 25.5. The minimum Gasteiger partial charge on any atom is -0.394 e. The smallest absolute Gasteiger partial charge is 0.249 e. The largest absolute Gasteiger partial charge is 0.394 e. The van der Waals surface area contributed by atoms with Gasteiger partial charge in [-0.2, -0.15) is 0 Å². The van der Waals surface area contributed by atoms with Gasteiger partial charge in [0.05, 0.1) is 18.8 Å². The fourth-order valence-electron chi connectivity index (χ4n) is 7.75. The second-order valence-electron chi connectivity index (χ2n) is 17.5. The predicted octanol–water partition coefficient (Wildman–Crippen LogP) is 14.2. The van der Waals surface area contributed by atoms with Crippen molar-refractivity contribution in [2.45, 2.75) is 276 Å². The molecule has 6 nitrogen and oxygen atoms in total. The van der Waals surface area contributed by atoms with Crippen molar-refractivity contribution >= 4 is 5.91 Å². The lowest BCUT2D eigenvalue weighted by atomic mass is 10.00. The van der Waals surface area contributed by atoms with Crippen LogP contribution in [0.4, 0.5) is 0 Å². The molecule has 59 heavy (non-hydrogen) atoms. The van der Waals surface area contributed by atoms with Gasteiger partial charge in [0.15, 0.2) is 0 Å². The lowest BCUT2D eigenvalue weighted by molar-refractivity contribution is -0.132. The number of allylic oxidation sites excluding steroid dienone is 8. The van der Waals surface area contributed by atoms with Gasteiger partial charge < -0.3 is 25.7 Å².